The number of nitrogens with one attached hydrogen (secondary N) is 3. The van der Waals surface area contributed by atoms with Crippen molar-refractivity contribution in [3.8, 4) is 5.75 Å². The standard InChI is InChI=1S/C29H41N9O7/c1-35-20-25(39)30-9-11-38-19-23(33-34-38)28(42)31-10-17-45-24-6-4-3-5-21(24)27(41)32-22(7-8-26(35)40)29(43)37-14-12-36(13-15-37)16-18-44-2/h3-6,19,22H,7-18,20H2,1-2H3,(H,30,39)(H,31,42)(H,32,41)/t22-/m0/s1. The monoisotopic (exact) mass is 627 g/mol. The molecule has 16 heteroatoms. The molecule has 2 aliphatic heterocycles. The first-order chi connectivity index (χ1) is 21.7. The number of benzene rings is 1. The van der Waals surface area contributed by atoms with E-state index in [1.165, 1.54) is 22.8 Å². The van der Waals surface area contributed by atoms with Crippen molar-refractivity contribution >= 4 is 29.5 Å². The number of fused-ring (bicyclic) bond motifs is 3. The van der Waals surface area contributed by atoms with Crippen molar-refractivity contribution in [1.29, 1.82) is 0 Å². The highest BCUT2D eigenvalue weighted by Gasteiger charge is 2.30. The van der Waals surface area contributed by atoms with E-state index in [1.54, 1.807) is 36.3 Å². The Morgan fingerprint density at radius 2 is 1.80 bits per heavy atom. The lowest BCUT2D eigenvalue weighted by atomic mass is 10.1. The summed E-state index contributed by atoms with van der Waals surface area (Å²) in [5, 5.41) is 16.0. The van der Waals surface area contributed by atoms with Crippen LogP contribution in [0.15, 0.2) is 30.5 Å². The van der Waals surface area contributed by atoms with Gasteiger partial charge < -0.3 is 35.2 Å². The molecular weight excluding hydrogens is 586 g/mol. The predicted molar refractivity (Wildman–Crippen MR) is 160 cm³/mol. The normalized spacial score (nSPS) is 20.1. The van der Waals surface area contributed by atoms with Gasteiger partial charge in [0.1, 0.15) is 18.4 Å². The van der Waals surface area contributed by atoms with Crippen LogP contribution in [0.25, 0.3) is 0 Å². The fourth-order valence-electron chi connectivity index (χ4n) is 4.96. The van der Waals surface area contributed by atoms with Crippen LogP contribution in [0.4, 0.5) is 0 Å². The number of carbonyl (C=O) groups excluding carboxylic acids is 5. The van der Waals surface area contributed by atoms with Crippen LogP contribution in [-0.2, 0) is 25.7 Å². The van der Waals surface area contributed by atoms with E-state index in [1.807, 2.05) is 0 Å². The highest BCUT2D eigenvalue weighted by molar-refractivity contribution is 6.00. The summed E-state index contributed by atoms with van der Waals surface area (Å²) in [5.41, 5.74) is 0.303. The molecule has 0 unspecified atom stereocenters. The zero-order chi connectivity index (χ0) is 32.2. The smallest absolute Gasteiger partial charge is 0.273 e. The Balaban J connectivity index is 1.50. The van der Waals surface area contributed by atoms with Gasteiger partial charge in [0.25, 0.3) is 11.8 Å². The maximum Gasteiger partial charge on any atom is 0.273 e. The molecule has 5 amide bonds. The van der Waals surface area contributed by atoms with E-state index in [2.05, 4.69) is 31.2 Å². The third kappa shape index (κ3) is 9.71. The zero-order valence-corrected chi connectivity index (χ0v) is 25.7. The number of likely N-dealkylation sites (N-methyl/N-ethyl adjacent to an activating group) is 1. The summed E-state index contributed by atoms with van der Waals surface area (Å²) in [7, 11) is 3.15. The molecule has 0 saturated carbocycles. The summed E-state index contributed by atoms with van der Waals surface area (Å²) in [6.07, 6.45) is 1.44. The molecule has 2 bridgehead atoms. The van der Waals surface area contributed by atoms with Crippen molar-refractivity contribution < 1.29 is 33.4 Å². The number of hydrogen-bond donors (Lipinski definition) is 3. The van der Waals surface area contributed by atoms with E-state index in [4.69, 9.17) is 9.47 Å². The Labute approximate surface area is 261 Å². The molecule has 1 fully saturated rings. The lowest BCUT2D eigenvalue weighted by Gasteiger charge is -2.36. The number of para-hydroxylation sites is 1. The van der Waals surface area contributed by atoms with Crippen LogP contribution in [0.5, 0.6) is 5.75 Å². The summed E-state index contributed by atoms with van der Waals surface area (Å²) < 4.78 is 12.4. The van der Waals surface area contributed by atoms with Gasteiger partial charge in [-0.25, -0.2) is 4.68 Å². The van der Waals surface area contributed by atoms with Crippen molar-refractivity contribution in [2.75, 3.05) is 79.7 Å². The minimum absolute atomic E-state index is 0.0446. The van der Waals surface area contributed by atoms with Crippen LogP contribution in [-0.4, -0.2) is 145 Å². The number of nitrogens with zero attached hydrogens (tertiary/aromatic N) is 6. The van der Waals surface area contributed by atoms with Gasteiger partial charge in [-0.3, -0.25) is 28.9 Å². The number of ether oxygens (including phenoxy) is 2. The van der Waals surface area contributed by atoms with Gasteiger partial charge in [-0.2, -0.15) is 0 Å². The molecule has 16 nitrogen and oxygen atoms in total. The van der Waals surface area contributed by atoms with E-state index in [0.29, 0.717) is 32.8 Å². The molecule has 0 spiro atoms. The average molecular weight is 628 g/mol. The average Bonchev–Trinajstić information content (AvgIpc) is 3.52. The fourth-order valence-corrected chi connectivity index (χ4v) is 4.96. The molecule has 4 rings (SSSR count). The second-order valence-corrected chi connectivity index (χ2v) is 10.8. The number of methoxy groups -OCH3 is 1. The number of carbonyl (C=O) groups is 5. The third-order valence-corrected chi connectivity index (χ3v) is 7.56. The quantitative estimate of drug-likeness (QED) is 0.355. The Morgan fingerprint density at radius 3 is 2.58 bits per heavy atom. The molecule has 2 aromatic rings. The van der Waals surface area contributed by atoms with Gasteiger partial charge in [-0.1, -0.05) is 17.3 Å². The maximum atomic E-state index is 13.7. The zero-order valence-electron chi connectivity index (χ0n) is 25.7. The third-order valence-electron chi connectivity index (χ3n) is 7.56. The number of amides is 5. The molecule has 244 valence electrons. The second kappa shape index (κ2) is 16.5. The van der Waals surface area contributed by atoms with Gasteiger partial charge in [0.05, 0.1) is 38.0 Å². The summed E-state index contributed by atoms with van der Waals surface area (Å²) in [4.78, 5) is 70.4. The summed E-state index contributed by atoms with van der Waals surface area (Å²) in [6, 6.07) is 5.61. The van der Waals surface area contributed by atoms with Crippen molar-refractivity contribution in [3.63, 3.8) is 0 Å². The van der Waals surface area contributed by atoms with Gasteiger partial charge in [-0.05, 0) is 18.6 Å². The predicted octanol–water partition coefficient (Wildman–Crippen LogP) is -1.66. The lowest BCUT2D eigenvalue weighted by molar-refractivity contribution is -0.137. The Bertz CT molecular complexity index is 1340. The second-order valence-electron chi connectivity index (χ2n) is 10.8. The van der Waals surface area contributed by atoms with E-state index in [-0.39, 0.29) is 80.4 Å². The topological polar surface area (TPSA) is 180 Å². The van der Waals surface area contributed by atoms with Crippen molar-refractivity contribution in [3.05, 3.63) is 41.7 Å². The minimum atomic E-state index is -0.982. The molecule has 1 aromatic carbocycles. The van der Waals surface area contributed by atoms with Gasteiger partial charge in [-0.15, -0.1) is 5.10 Å². The Kier molecular flexibility index (Phi) is 12.2. The molecule has 1 saturated heterocycles. The first-order valence-corrected chi connectivity index (χ1v) is 15.0. The molecule has 1 aromatic heterocycles. The molecule has 1 atom stereocenters. The first-order valence-electron chi connectivity index (χ1n) is 15.0. The van der Waals surface area contributed by atoms with Crippen LogP contribution in [0.2, 0.25) is 0 Å². The van der Waals surface area contributed by atoms with E-state index in [0.717, 1.165) is 6.54 Å². The van der Waals surface area contributed by atoms with Crippen LogP contribution in [0.3, 0.4) is 0 Å². The van der Waals surface area contributed by atoms with E-state index < -0.39 is 17.9 Å². The van der Waals surface area contributed by atoms with E-state index in [9.17, 15) is 24.0 Å². The number of piperazine rings is 1. The minimum Gasteiger partial charge on any atom is -0.491 e. The number of rotatable bonds is 4. The highest BCUT2D eigenvalue weighted by atomic mass is 16.5. The van der Waals surface area contributed by atoms with Crippen LogP contribution < -0.4 is 20.7 Å². The lowest BCUT2D eigenvalue weighted by Crippen LogP contribution is -2.55. The maximum absolute atomic E-state index is 13.7. The first kappa shape index (κ1) is 33.3. The van der Waals surface area contributed by atoms with Crippen molar-refractivity contribution in [2.24, 2.45) is 0 Å². The van der Waals surface area contributed by atoms with Crippen LogP contribution in [0.1, 0.15) is 33.7 Å². The van der Waals surface area contributed by atoms with Gasteiger partial charge >= 0.3 is 0 Å². The number of aromatic nitrogens is 3. The molecule has 3 heterocycles. The highest BCUT2D eigenvalue weighted by Crippen LogP contribution is 2.19. The van der Waals surface area contributed by atoms with Gasteiger partial charge in [0, 0.05) is 59.8 Å². The Hall–Kier alpha value is -4.57. The summed E-state index contributed by atoms with van der Waals surface area (Å²) in [6.45, 7) is 4.11. The largest absolute Gasteiger partial charge is 0.491 e. The fraction of sp³-hybridized carbons (Fsp3) is 0.552. The van der Waals surface area contributed by atoms with Gasteiger partial charge in [0.15, 0.2) is 5.69 Å². The van der Waals surface area contributed by atoms with Crippen molar-refractivity contribution in [1.82, 2.24) is 45.6 Å². The molecule has 0 aliphatic carbocycles. The van der Waals surface area contributed by atoms with E-state index >= 15 is 0 Å². The van der Waals surface area contributed by atoms with Crippen LogP contribution >= 0.6 is 0 Å². The number of hydrogen-bond acceptors (Lipinski definition) is 10. The summed E-state index contributed by atoms with van der Waals surface area (Å²) in [5.74, 6) is -1.73. The van der Waals surface area contributed by atoms with Crippen LogP contribution in [0, 0.1) is 0 Å². The van der Waals surface area contributed by atoms with Gasteiger partial charge in [0.2, 0.25) is 17.7 Å². The molecule has 45 heavy (non-hydrogen) atoms. The molecular formula is C29H41N9O7. The molecule has 2 aliphatic rings. The molecule has 3 N–H and O–H groups in total. The summed E-state index contributed by atoms with van der Waals surface area (Å²) >= 11 is 0. The molecule has 0 radical (unpaired) electrons. The SMILES string of the molecule is COCCN1CCN(C(=O)[C@@H]2CCC(=O)N(C)CC(=O)NCCn3cc(nn3)C(=O)NCCOc3ccccc3C(=O)N2)CC1. The van der Waals surface area contributed by atoms with Crippen molar-refractivity contribution in [2.45, 2.75) is 25.4 Å². The Morgan fingerprint density at radius 1 is 1.02 bits per heavy atom.